The summed E-state index contributed by atoms with van der Waals surface area (Å²) in [6.07, 6.45) is 7.92. The van der Waals surface area contributed by atoms with Crippen LogP contribution in [0.15, 0.2) is 43.0 Å². The molecule has 27 heavy (non-hydrogen) atoms. The van der Waals surface area contributed by atoms with Crippen LogP contribution in [-0.4, -0.2) is 37.7 Å². The van der Waals surface area contributed by atoms with E-state index in [2.05, 4.69) is 38.4 Å². The van der Waals surface area contributed by atoms with E-state index in [1.165, 1.54) is 19.2 Å². The van der Waals surface area contributed by atoms with Gasteiger partial charge in [-0.2, -0.15) is 0 Å². The highest BCUT2D eigenvalue weighted by Gasteiger charge is 2.28. The monoisotopic (exact) mass is 360 g/mol. The van der Waals surface area contributed by atoms with E-state index < -0.39 is 0 Å². The molecule has 1 fully saturated rings. The van der Waals surface area contributed by atoms with Crippen molar-refractivity contribution in [3.8, 4) is 17.0 Å². The zero-order valence-corrected chi connectivity index (χ0v) is 15.3. The Labute approximate surface area is 156 Å². The topological polar surface area (TPSA) is 77.2 Å². The van der Waals surface area contributed by atoms with Crippen LogP contribution in [0.3, 0.4) is 0 Å². The van der Waals surface area contributed by atoms with Crippen LogP contribution in [0.1, 0.15) is 19.8 Å². The maximum absolute atomic E-state index is 5.38. The highest BCUT2D eigenvalue weighted by atomic mass is 16.5. The fraction of sp³-hybridized carbons (Fsp3) is 0.300. The third-order valence-electron chi connectivity index (χ3n) is 5.21. The minimum absolute atomic E-state index is 0.408. The van der Waals surface area contributed by atoms with Gasteiger partial charge in [-0.15, -0.1) is 5.10 Å². The Balaban J connectivity index is 1.54. The lowest BCUT2D eigenvalue weighted by Gasteiger charge is -2.12. The number of methoxy groups -OCH3 is 1. The van der Waals surface area contributed by atoms with Crippen LogP contribution < -0.4 is 10.1 Å². The minimum Gasteiger partial charge on any atom is -0.480 e. The Kier molecular flexibility index (Phi) is 3.67. The lowest BCUT2D eigenvalue weighted by Crippen LogP contribution is -2.19. The van der Waals surface area contributed by atoms with E-state index in [9.17, 15) is 0 Å². The summed E-state index contributed by atoms with van der Waals surface area (Å²) in [7, 11) is 1.62. The van der Waals surface area contributed by atoms with Gasteiger partial charge in [0.05, 0.1) is 29.7 Å². The molecule has 0 radical (unpaired) electrons. The van der Waals surface area contributed by atoms with Gasteiger partial charge in [-0.25, -0.2) is 19.5 Å². The zero-order valence-electron chi connectivity index (χ0n) is 15.3. The van der Waals surface area contributed by atoms with E-state index in [4.69, 9.17) is 4.74 Å². The molecule has 3 heterocycles. The van der Waals surface area contributed by atoms with Gasteiger partial charge in [-0.1, -0.05) is 6.07 Å². The maximum atomic E-state index is 5.38. The van der Waals surface area contributed by atoms with E-state index in [1.807, 2.05) is 35.1 Å². The number of hydrogen-bond donors (Lipinski definition) is 1. The molecule has 3 aromatic heterocycles. The molecule has 7 nitrogen and oxygen atoms in total. The number of hydrogen-bond acceptors (Lipinski definition) is 6. The molecule has 1 aromatic carbocycles. The largest absolute Gasteiger partial charge is 0.480 e. The molecule has 0 unspecified atom stereocenters. The van der Waals surface area contributed by atoms with Gasteiger partial charge in [0.25, 0.3) is 0 Å². The fourth-order valence-electron chi connectivity index (χ4n) is 3.49. The molecule has 1 aliphatic rings. The van der Waals surface area contributed by atoms with Gasteiger partial charge >= 0.3 is 0 Å². The first kappa shape index (κ1) is 16.0. The van der Waals surface area contributed by atoms with Crippen LogP contribution in [-0.2, 0) is 0 Å². The molecule has 1 N–H and O–H groups in total. The van der Waals surface area contributed by atoms with Crippen molar-refractivity contribution in [1.82, 2.24) is 24.6 Å². The van der Waals surface area contributed by atoms with Crippen LogP contribution in [0.5, 0.6) is 5.88 Å². The van der Waals surface area contributed by atoms with Gasteiger partial charge in [0.1, 0.15) is 6.33 Å². The van der Waals surface area contributed by atoms with Crippen molar-refractivity contribution in [1.29, 1.82) is 0 Å². The molecule has 5 rings (SSSR count). The predicted molar refractivity (Wildman–Crippen MR) is 104 cm³/mol. The van der Waals surface area contributed by atoms with Crippen molar-refractivity contribution >= 4 is 22.4 Å². The zero-order chi connectivity index (χ0) is 18.4. The average Bonchev–Trinajstić information content (AvgIpc) is 3.47. The Morgan fingerprint density at radius 1 is 1.19 bits per heavy atom. The Bertz CT molecular complexity index is 1130. The second kappa shape index (κ2) is 6.19. The first-order valence-corrected chi connectivity index (χ1v) is 9.13. The first-order valence-electron chi connectivity index (χ1n) is 9.13. The van der Waals surface area contributed by atoms with Gasteiger partial charge in [-0.3, -0.25) is 0 Å². The van der Waals surface area contributed by atoms with Crippen LogP contribution in [0.4, 0.5) is 5.95 Å². The highest BCUT2D eigenvalue weighted by molar-refractivity contribution is 5.91. The summed E-state index contributed by atoms with van der Waals surface area (Å²) in [5.41, 5.74) is 3.92. The maximum Gasteiger partial charge on any atom is 0.241 e. The van der Waals surface area contributed by atoms with Gasteiger partial charge in [0.2, 0.25) is 11.8 Å². The van der Waals surface area contributed by atoms with Crippen LogP contribution in [0.25, 0.3) is 27.5 Å². The van der Waals surface area contributed by atoms with E-state index in [1.54, 1.807) is 7.11 Å². The second-order valence-electron chi connectivity index (χ2n) is 7.03. The lowest BCUT2D eigenvalue weighted by molar-refractivity contribution is 0.402. The molecule has 1 saturated carbocycles. The molecule has 0 bridgehead atoms. The van der Waals surface area contributed by atoms with Crippen LogP contribution >= 0.6 is 0 Å². The van der Waals surface area contributed by atoms with Crippen molar-refractivity contribution in [2.75, 3.05) is 12.4 Å². The number of aromatic nitrogens is 5. The summed E-state index contributed by atoms with van der Waals surface area (Å²) in [4.78, 5) is 13.0. The quantitative estimate of drug-likeness (QED) is 0.586. The number of rotatable bonds is 5. The Morgan fingerprint density at radius 3 is 2.89 bits per heavy atom. The molecular weight excluding hydrogens is 340 g/mol. The number of nitrogens with one attached hydrogen (secondary N) is 1. The smallest absolute Gasteiger partial charge is 0.241 e. The summed E-state index contributed by atoms with van der Waals surface area (Å²) >= 11 is 0. The lowest BCUT2D eigenvalue weighted by atomic mass is 10.1. The summed E-state index contributed by atoms with van der Waals surface area (Å²) in [5, 5.41) is 8.90. The summed E-state index contributed by atoms with van der Waals surface area (Å²) < 4.78 is 7.24. The number of fused-ring (bicyclic) bond motifs is 2. The minimum atomic E-state index is 0.408. The Morgan fingerprint density at radius 2 is 2.07 bits per heavy atom. The number of ether oxygens (including phenoxy) is 1. The molecule has 7 heteroatoms. The third kappa shape index (κ3) is 2.85. The summed E-state index contributed by atoms with van der Waals surface area (Å²) in [5.74, 6) is 1.99. The fourth-order valence-corrected chi connectivity index (χ4v) is 3.49. The highest BCUT2D eigenvalue weighted by Crippen LogP contribution is 2.34. The van der Waals surface area contributed by atoms with Gasteiger partial charge < -0.3 is 10.1 Å². The van der Waals surface area contributed by atoms with Crippen LogP contribution in [0, 0.1) is 5.92 Å². The number of nitrogens with zero attached hydrogens (tertiary/aromatic N) is 5. The van der Waals surface area contributed by atoms with E-state index in [0.29, 0.717) is 17.9 Å². The molecule has 1 aliphatic carbocycles. The van der Waals surface area contributed by atoms with Crippen LogP contribution in [0.2, 0.25) is 0 Å². The average molecular weight is 360 g/mol. The predicted octanol–water partition coefficient (Wildman–Crippen LogP) is 3.56. The van der Waals surface area contributed by atoms with Gasteiger partial charge in [0, 0.05) is 17.8 Å². The molecular formula is C20H20N6O. The summed E-state index contributed by atoms with van der Waals surface area (Å²) in [6, 6.07) is 8.53. The molecule has 0 amide bonds. The van der Waals surface area contributed by atoms with E-state index >= 15 is 0 Å². The van der Waals surface area contributed by atoms with E-state index in [-0.39, 0.29) is 0 Å². The normalized spacial score (nSPS) is 15.2. The first-order chi connectivity index (χ1) is 13.2. The Hall–Kier alpha value is -3.22. The molecule has 1 atom stereocenters. The third-order valence-corrected chi connectivity index (χ3v) is 5.21. The van der Waals surface area contributed by atoms with E-state index in [0.717, 1.165) is 33.5 Å². The van der Waals surface area contributed by atoms with Crippen molar-refractivity contribution in [3.05, 3.63) is 43.0 Å². The van der Waals surface area contributed by atoms with Crippen molar-refractivity contribution in [2.24, 2.45) is 5.92 Å². The number of benzene rings is 1. The van der Waals surface area contributed by atoms with Crippen molar-refractivity contribution in [2.45, 2.75) is 25.8 Å². The summed E-state index contributed by atoms with van der Waals surface area (Å²) in [6.45, 7) is 2.19. The van der Waals surface area contributed by atoms with Crippen molar-refractivity contribution in [3.63, 3.8) is 0 Å². The molecule has 0 saturated heterocycles. The molecule has 0 aliphatic heterocycles. The standard InChI is InChI=1S/C20H20N6O/c1-12(13-3-4-13)24-20-21-10-18-15(7-8-26(18)25-20)14-5-6-17-16(9-14)19(27-2)23-11-22-17/h5-13H,3-4H2,1-2H3,(H,24,25)/t12-/m1/s1. The molecule has 0 spiro atoms. The van der Waals surface area contributed by atoms with Crippen molar-refractivity contribution < 1.29 is 4.74 Å². The number of anilines is 1. The van der Waals surface area contributed by atoms with Gasteiger partial charge in [-0.05, 0) is 49.4 Å². The SMILES string of the molecule is COc1ncnc2ccc(-c3ccn4nc(N[C@H](C)C5CC5)ncc34)cc12. The van der Waals surface area contributed by atoms with Gasteiger partial charge in [0.15, 0.2) is 0 Å². The second-order valence-corrected chi connectivity index (χ2v) is 7.03. The molecule has 136 valence electrons. The molecule has 4 aromatic rings.